The van der Waals surface area contributed by atoms with Crippen molar-refractivity contribution in [1.29, 1.82) is 0 Å². The molecule has 1 aliphatic rings. The van der Waals surface area contributed by atoms with Gasteiger partial charge < -0.3 is 4.74 Å². The number of rotatable bonds is 6. The zero-order valence-electron chi connectivity index (χ0n) is 17.8. The van der Waals surface area contributed by atoms with Gasteiger partial charge in [-0.15, -0.1) is 0 Å². The SMILES string of the molecule is CS(=O)(=O)c1cccc([C@@H]2CCCN(CC(OC(=O)Nc3ccc(Cl)cc3)C(F)(F)F)C2)c1. The molecule has 0 bridgehead atoms. The number of halogens is 4. The summed E-state index contributed by atoms with van der Waals surface area (Å²) in [5.41, 5.74) is 1.02. The lowest BCUT2D eigenvalue weighted by atomic mass is 9.90. The van der Waals surface area contributed by atoms with E-state index < -0.39 is 34.8 Å². The molecule has 11 heteroatoms. The van der Waals surface area contributed by atoms with E-state index in [1.54, 1.807) is 23.1 Å². The Morgan fingerprint density at radius 1 is 1.24 bits per heavy atom. The van der Waals surface area contributed by atoms with Crippen LogP contribution < -0.4 is 5.32 Å². The average Bonchev–Trinajstić information content (AvgIpc) is 2.74. The number of sulfone groups is 1. The van der Waals surface area contributed by atoms with Gasteiger partial charge in [-0.25, -0.2) is 13.2 Å². The lowest BCUT2D eigenvalue weighted by Crippen LogP contribution is -2.47. The van der Waals surface area contributed by atoms with Crippen LogP contribution in [0.25, 0.3) is 0 Å². The Morgan fingerprint density at radius 3 is 2.58 bits per heavy atom. The van der Waals surface area contributed by atoms with Crippen LogP contribution in [0.15, 0.2) is 53.4 Å². The van der Waals surface area contributed by atoms with Crippen molar-refractivity contribution >= 4 is 33.2 Å². The number of likely N-dealkylation sites (tertiary alicyclic amines) is 1. The summed E-state index contributed by atoms with van der Waals surface area (Å²) in [6.07, 6.45) is -5.81. The van der Waals surface area contributed by atoms with Gasteiger partial charge in [-0.3, -0.25) is 10.2 Å². The summed E-state index contributed by atoms with van der Waals surface area (Å²) in [6.45, 7) is 0.193. The van der Waals surface area contributed by atoms with Crippen LogP contribution in [-0.2, 0) is 14.6 Å². The highest BCUT2D eigenvalue weighted by atomic mass is 35.5. The highest BCUT2D eigenvalue weighted by Gasteiger charge is 2.44. The highest BCUT2D eigenvalue weighted by molar-refractivity contribution is 7.90. The first-order valence-electron chi connectivity index (χ1n) is 10.2. The number of nitrogens with one attached hydrogen (secondary N) is 1. The number of alkyl halides is 3. The molecular formula is C22H24ClF3N2O4S. The highest BCUT2D eigenvalue weighted by Crippen LogP contribution is 2.31. The summed E-state index contributed by atoms with van der Waals surface area (Å²) < 4.78 is 69.3. The number of carbonyl (C=O) groups excluding carboxylic acids is 1. The largest absolute Gasteiger partial charge is 0.435 e. The summed E-state index contributed by atoms with van der Waals surface area (Å²) in [4.78, 5) is 13.8. The molecule has 1 unspecified atom stereocenters. The molecule has 1 fully saturated rings. The van der Waals surface area contributed by atoms with Crippen LogP contribution in [0.1, 0.15) is 24.3 Å². The van der Waals surface area contributed by atoms with Gasteiger partial charge >= 0.3 is 12.3 Å². The molecule has 1 saturated heterocycles. The maximum atomic E-state index is 13.6. The fourth-order valence-corrected chi connectivity index (χ4v) is 4.55. The van der Waals surface area contributed by atoms with E-state index in [0.717, 1.165) is 18.2 Å². The van der Waals surface area contributed by atoms with Gasteiger partial charge in [0.1, 0.15) is 0 Å². The molecule has 0 aromatic heterocycles. The van der Waals surface area contributed by atoms with Crippen molar-refractivity contribution in [3.8, 4) is 0 Å². The second kappa shape index (κ2) is 10.3. The van der Waals surface area contributed by atoms with Gasteiger partial charge in [0.15, 0.2) is 9.84 Å². The number of anilines is 1. The molecule has 0 radical (unpaired) electrons. The van der Waals surface area contributed by atoms with Crippen molar-refractivity contribution in [2.24, 2.45) is 0 Å². The van der Waals surface area contributed by atoms with Gasteiger partial charge in [-0.05, 0) is 67.3 Å². The van der Waals surface area contributed by atoms with E-state index in [0.29, 0.717) is 24.5 Å². The van der Waals surface area contributed by atoms with Crippen molar-refractivity contribution in [2.45, 2.75) is 35.9 Å². The Hall–Kier alpha value is -2.30. The van der Waals surface area contributed by atoms with Gasteiger partial charge in [0.05, 0.1) is 4.90 Å². The van der Waals surface area contributed by atoms with Gasteiger partial charge in [0, 0.05) is 30.1 Å². The van der Waals surface area contributed by atoms with E-state index in [4.69, 9.17) is 16.3 Å². The van der Waals surface area contributed by atoms with Crippen molar-refractivity contribution in [1.82, 2.24) is 4.90 Å². The minimum absolute atomic E-state index is 0.128. The van der Waals surface area contributed by atoms with Crippen LogP contribution in [0.5, 0.6) is 0 Å². The number of nitrogens with zero attached hydrogens (tertiary/aromatic N) is 1. The standard InChI is InChI=1S/C22H24ClF3N2O4S/c1-33(30,31)19-6-2-4-15(12-19)16-5-3-11-28(13-16)14-20(22(24,25)26)32-21(29)27-18-9-7-17(23)8-10-18/h2,4,6-10,12,16,20H,3,5,11,13-14H2,1H3,(H,27,29)/t16-,20?/m1/s1. The van der Waals surface area contributed by atoms with Crippen molar-refractivity contribution in [3.05, 3.63) is 59.1 Å². The predicted molar refractivity (Wildman–Crippen MR) is 119 cm³/mol. The summed E-state index contributed by atoms with van der Waals surface area (Å²) in [5, 5.41) is 2.69. The van der Waals surface area contributed by atoms with E-state index in [1.807, 2.05) is 0 Å². The van der Waals surface area contributed by atoms with Crippen LogP contribution in [0.4, 0.5) is 23.7 Å². The summed E-state index contributed by atoms with van der Waals surface area (Å²) >= 11 is 5.76. The number of benzene rings is 2. The molecule has 1 amide bonds. The van der Waals surface area contributed by atoms with E-state index >= 15 is 0 Å². The molecule has 0 saturated carbocycles. The Labute approximate surface area is 195 Å². The van der Waals surface area contributed by atoms with Crippen LogP contribution in [0, 0.1) is 0 Å². The molecule has 1 aliphatic heterocycles. The first kappa shape index (κ1) is 25.3. The molecule has 2 aromatic carbocycles. The lowest BCUT2D eigenvalue weighted by molar-refractivity contribution is -0.207. The van der Waals surface area contributed by atoms with Gasteiger partial charge in [-0.1, -0.05) is 23.7 Å². The molecular weight excluding hydrogens is 481 g/mol. The number of piperidine rings is 1. The minimum Gasteiger partial charge on any atom is -0.435 e. The molecule has 6 nitrogen and oxygen atoms in total. The first-order chi connectivity index (χ1) is 15.4. The average molecular weight is 505 g/mol. The first-order valence-corrected chi connectivity index (χ1v) is 12.5. The summed E-state index contributed by atoms with van der Waals surface area (Å²) in [6, 6.07) is 12.4. The fourth-order valence-electron chi connectivity index (χ4n) is 3.74. The van der Waals surface area contributed by atoms with Crippen LogP contribution >= 0.6 is 11.6 Å². The molecule has 0 aliphatic carbocycles. The van der Waals surface area contributed by atoms with Crippen molar-refractivity contribution in [2.75, 3.05) is 31.2 Å². The topological polar surface area (TPSA) is 75.7 Å². The quantitative estimate of drug-likeness (QED) is 0.592. The summed E-state index contributed by atoms with van der Waals surface area (Å²) in [7, 11) is -3.39. The fraction of sp³-hybridized carbons (Fsp3) is 0.409. The molecule has 1 heterocycles. The van der Waals surface area contributed by atoms with Crippen LogP contribution in [-0.4, -0.2) is 57.6 Å². The van der Waals surface area contributed by atoms with E-state index in [-0.39, 0.29) is 16.5 Å². The molecule has 3 rings (SSSR count). The van der Waals surface area contributed by atoms with Crippen molar-refractivity contribution in [3.63, 3.8) is 0 Å². The Kier molecular flexibility index (Phi) is 7.92. The molecule has 180 valence electrons. The minimum atomic E-state index is -4.75. The number of amides is 1. The molecule has 2 atom stereocenters. The third-order valence-electron chi connectivity index (χ3n) is 5.39. The molecule has 1 N–H and O–H groups in total. The zero-order valence-corrected chi connectivity index (χ0v) is 19.4. The number of hydrogen-bond acceptors (Lipinski definition) is 5. The predicted octanol–water partition coefficient (Wildman–Crippen LogP) is 5.10. The van der Waals surface area contributed by atoms with E-state index in [1.165, 1.54) is 30.3 Å². The Morgan fingerprint density at radius 2 is 1.94 bits per heavy atom. The molecule has 2 aromatic rings. The maximum Gasteiger partial charge on any atom is 0.426 e. The Bertz CT molecular complexity index is 1080. The number of ether oxygens (including phenoxy) is 1. The zero-order chi connectivity index (χ0) is 24.2. The van der Waals surface area contributed by atoms with E-state index in [9.17, 15) is 26.4 Å². The second-order valence-corrected chi connectivity index (χ2v) is 10.5. The van der Waals surface area contributed by atoms with Gasteiger partial charge in [0.25, 0.3) is 0 Å². The third kappa shape index (κ3) is 7.35. The molecule has 33 heavy (non-hydrogen) atoms. The maximum absolute atomic E-state index is 13.6. The van der Waals surface area contributed by atoms with E-state index in [2.05, 4.69) is 5.32 Å². The Balaban J connectivity index is 1.66. The van der Waals surface area contributed by atoms with Crippen molar-refractivity contribution < 1.29 is 31.1 Å². The smallest absolute Gasteiger partial charge is 0.426 e. The number of carbonyl (C=O) groups is 1. The van der Waals surface area contributed by atoms with Gasteiger partial charge in [0.2, 0.25) is 6.10 Å². The second-order valence-electron chi connectivity index (χ2n) is 8.01. The lowest BCUT2D eigenvalue weighted by Gasteiger charge is -2.35. The monoisotopic (exact) mass is 504 g/mol. The number of hydrogen-bond donors (Lipinski definition) is 1. The summed E-state index contributed by atoms with van der Waals surface area (Å²) in [5.74, 6) is -0.128. The molecule has 0 spiro atoms. The van der Waals surface area contributed by atoms with Gasteiger partial charge in [-0.2, -0.15) is 13.2 Å². The van der Waals surface area contributed by atoms with Crippen LogP contribution in [0.3, 0.4) is 0 Å². The third-order valence-corrected chi connectivity index (χ3v) is 6.75. The van der Waals surface area contributed by atoms with Crippen LogP contribution in [0.2, 0.25) is 5.02 Å². The normalized spacial score (nSPS) is 18.5.